The zero-order valence-electron chi connectivity index (χ0n) is 11.3. The van der Waals surface area contributed by atoms with Gasteiger partial charge in [-0.25, -0.2) is 9.78 Å². The van der Waals surface area contributed by atoms with Gasteiger partial charge in [-0.2, -0.15) is 0 Å². The van der Waals surface area contributed by atoms with Crippen molar-refractivity contribution in [3.05, 3.63) is 46.9 Å². The summed E-state index contributed by atoms with van der Waals surface area (Å²) < 4.78 is 1.58. The number of aromatic nitrogens is 4. The first kappa shape index (κ1) is 11.8. The minimum absolute atomic E-state index is 0.128. The summed E-state index contributed by atoms with van der Waals surface area (Å²) in [6, 6.07) is 11.3. The van der Waals surface area contributed by atoms with Crippen molar-refractivity contribution in [1.29, 1.82) is 0 Å². The van der Waals surface area contributed by atoms with E-state index in [4.69, 9.17) is 5.73 Å². The number of aromatic amines is 2. The van der Waals surface area contributed by atoms with E-state index in [1.807, 2.05) is 36.4 Å². The van der Waals surface area contributed by atoms with Gasteiger partial charge < -0.3 is 15.7 Å². The Morgan fingerprint density at radius 2 is 1.86 bits per heavy atom. The van der Waals surface area contributed by atoms with E-state index in [0.29, 0.717) is 0 Å². The maximum atomic E-state index is 11.6. The summed E-state index contributed by atoms with van der Waals surface area (Å²) in [7, 11) is 1.74. The molecule has 0 saturated carbocycles. The van der Waals surface area contributed by atoms with Crippen LogP contribution in [0.25, 0.3) is 33.5 Å². The number of hydrogen-bond donors (Lipinski definition) is 3. The van der Waals surface area contributed by atoms with Gasteiger partial charge in [-0.1, -0.05) is 0 Å². The molecule has 2 aromatic heterocycles. The molecule has 0 amide bonds. The van der Waals surface area contributed by atoms with Gasteiger partial charge in [0.25, 0.3) is 0 Å². The van der Waals surface area contributed by atoms with Crippen LogP contribution in [0.2, 0.25) is 0 Å². The van der Waals surface area contributed by atoms with E-state index >= 15 is 0 Å². The Morgan fingerprint density at radius 1 is 1.10 bits per heavy atom. The summed E-state index contributed by atoms with van der Waals surface area (Å²) in [6.45, 7) is 0. The number of fused-ring (bicyclic) bond motifs is 2. The monoisotopic (exact) mass is 279 g/mol. The predicted molar refractivity (Wildman–Crippen MR) is 83.0 cm³/mol. The van der Waals surface area contributed by atoms with Crippen LogP contribution in [0, 0.1) is 0 Å². The lowest BCUT2D eigenvalue weighted by Crippen LogP contribution is -2.11. The lowest BCUT2D eigenvalue weighted by molar-refractivity contribution is 0.892. The Morgan fingerprint density at radius 3 is 2.62 bits per heavy atom. The van der Waals surface area contributed by atoms with Crippen molar-refractivity contribution in [2.45, 2.75) is 0 Å². The molecule has 4 rings (SSSR count). The van der Waals surface area contributed by atoms with Crippen molar-refractivity contribution in [1.82, 2.24) is 19.5 Å². The highest BCUT2D eigenvalue weighted by molar-refractivity contribution is 5.92. The van der Waals surface area contributed by atoms with Crippen LogP contribution in [0.4, 0.5) is 5.69 Å². The fourth-order valence-electron chi connectivity index (χ4n) is 2.51. The van der Waals surface area contributed by atoms with E-state index in [0.717, 1.165) is 39.1 Å². The molecule has 0 spiro atoms. The lowest BCUT2D eigenvalue weighted by Gasteiger charge is -1.96. The van der Waals surface area contributed by atoms with Crippen molar-refractivity contribution < 1.29 is 0 Å². The quantitative estimate of drug-likeness (QED) is 0.465. The van der Waals surface area contributed by atoms with Gasteiger partial charge >= 0.3 is 5.69 Å². The van der Waals surface area contributed by atoms with Gasteiger partial charge in [-0.15, -0.1) is 0 Å². The molecule has 6 nitrogen and oxygen atoms in total. The van der Waals surface area contributed by atoms with Gasteiger partial charge in [-0.05, 0) is 36.4 Å². The number of nitrogen functional groups attached to an aromatic ring is 1. The van der Waals surface area contributed by atoms with E-state index < -0.39 is 0 Å². The highest BCUT2D eigenvalue weighted by Crippen LogP contribution is 2.24. The van der Waals surface area contributed by atoms with Crippen LogP contribution >= 0.6 is 0 Å². The smallest absolute Gasteiger partial charge is 0.326 e. The largest absolute Gasteiger partial charge is 0.399 e. The second-order valence-corrected chi connectivity index (χ2v) is 5.08. The molecule has 0 fully saturated rings. The molecule has 0 saturated heterocycles. The van der Waals surface area contributed by atoms with Crippen molar-refractivity contribution in [2.24, 2.45) is 7.05 Å². The van der Waals surface area contributed by atoms with Gasteiger partial charge in [0.2, 0.25) is 0 Å². The van der Waals surface area contributed by atoms with Gasteiger partial charge in [0.1, 0.15) is 5.82 Å². The standard InChI is InChI=1S/C15H13N5O/c1-20-13-7-11-10(6-12(13)19-15(20)21)17-14(18-11)8-2-4-9(16)5-3-8/h2-7H,16H2,1H3,(H,17,18)(H,19,21). The second kappa shape index (κ2) is 3.99. The minimum Gasteiger partial charge on any atom is -0.399 e. The van der Waals surface area contributed by atoms with Gasteiger partial charge in [-0.3, -0.25) is 4.57 Å². The van der Waals surface area contributed by atoms with E-state index in [-0.39, 0.29) is 5.69 Å². The van der Waals surface area contributed by atoms with Crippen LogP contribution in [0.1, 0.15) is 0 Å². The SMILES string of the molecule is Cn1c(=O)[nH]c2cc3[nH]c(-c4ccc(N)cc4)nc3cc21. The van der Waals surface area contributed by atoms with E-state index in [9.17, 15) is 4.79 Å². The minimum atomic E-state index is -0.128. The van der Waals surface area contributed by atoms with Crippen LogP contribution in [0.3, 0.4) is 0 Å². The molecule has 0 radical (unpaired) electrons. The molecule has 2 aromatic carbocycles. The number of anilines is 1. The fraction of sp³-hybridized carbons (Fsp3) is 0.0667. The molecule has 104 valence electrons. The zero-order valence-corrected chi connectivity index (χ0v) is 11.3. The molecule has 0 aliphatic rings. The van der Waals surface area contributed by atoms with Crippen molar-refractivity contribution >= 4 is 27.8 Å². The van der Waals surface area contributed by atoms with E-state index in [2.05, 4.69) is 15.0 Å². The third-order valence-corrected chi connectivity index (χ3v) is 3.69. The number of nitrogens with one attached hydrogen (secondary N) is 2. The first-order chi connectivity index (χ1) is 10.1. The van der Waals surface area contributed by atoms with Crippen LogP contribution in [-0.2, 0) is 7.05 Å². The average molecular weight is 279 g/mol. The number of imidazole rings is 2. The maximum absolute atomic E-state index is 11.6. The summed E-state index contributed by atoms with van der Waals surface area (Å²) in [4.78, 5) is 22.3. The number of nitrogens with two attached hydrogens (primary N) is 1. The molecule has 0 unspecified atom stereocenters. The number of H-pyrrole nitrogens is 2. The molecule has 21 heavy (non-hydrogen) atoms. The van der Waals surface area contributed by atoms with Crippen LogP contribution < -0.4 is 11.4 Å². The number of hydrogen-bond acceptors (Lipinski definition) is 3. The molecule has 4 N–H and O–H groups in total. The van der Waals surface area contributed by atoms with E-state index in [1.54, 1.807) is 11.6 Å². The number of aryl methyl sites for hydroxylation is 1. The molecule has 0 aliphatic heterocycles. The van der Waals surface area contributed by atoms with Crippen LogP contribution in [0.5, 0.6) is 0 Å². The third kappa shape index (κ3) is 1.73. The highest BCUT2D eigenvalue weighted by Gasteiger charge is 2.09. The first-order valence-corrected chi connectivity index (χ1v) is 6.56. The Hall–Kier alpha value is -3.02. The Bertz CT molecular complexity index is 1020. The zero-order chi connectivity index (χ0) is 14.6. The first-order valence-electron chi connectivity index (χ1n) is 6.56. The third-order valence-electron chi connectivity index (χ3n) is 3.69. The van der Waals surface area contributed by atoms with Gasteiger partial charge in [0.15, 0.2) is 0 Å². The Balaban J connectivity index is 1.95. The summed E-state index contributed by atoms with van der Waals surface area (Å²) in [5, 5.41) is 0. The Kier molecular flexibility index (Phi) is 2.24. The maximum Gasteiger partial charge on any atom is 0.326 e. The van der Waals surface area contributed by atoms with Crippen LogP contribution in [0.15, 0.2) is 41.2 Å². The summed E-state index contributed by atoms with van der Waals surface area (Å²) in [6.07, 6.45) is 0. The van der Waals surface area contributed by atoms with Crippen molar-refractivity contribution in [3.63, 3.8) is 0 Å². The lowest BCUT2D eigenvalue weighted by atomic mass is 10.2. The molecular formula is C15H13N5O. The van der Waals surface area contributed by atoms with Gasteiger partial charge in [0, 0.05) is 18.3 Å². The highest BCUT2D eigenvalue weighted by atomic mass is 16.1. The summed E-state index contributed by atoms with van der Waals surface area (Å²) in [5.41, 5.74) is 10.6. The van der Waals surface area contributed by atoms with E-state index in [1.165, 1.54) is 0 Å². The summed E-state index contributed by atoms with van der Waals surface area (Å²) >= 11 is 0. The fourth-order valence-corrected chi connectivity index (χ4v) is 2.51. The number of benzene rings is 2. The average Bonchev–Trinajstić information content (AvgIpc) is 2.99. The second-order valence-electron chi connectivity index (χ2n) is 5.08. The van der Waals surface area contributed by atoms with Crippen LogP contribution in [-0.4, -0.2) is 19.5 Å². The molecule has 6 heteroatoms. The van der Waals surface area contributed by atoms with Gasteiger partial charge in [0.05, 0.1) is 22.1 Å². The molecule has 0 atom stereocenters. The molecular weight excluding hydrogens is 266 g/mol. The molecule has 2 heterocycles. The predicted octanol–water partition coefficient (Wildman–Crippen LogP) is 1.99. The molecule has 4 aromatic rings. The topological polar surface area (TPSA) is 92.5 Å². The summed E-state index contributed by atoms with van der Waals surface area (Å²) in [5.74, 6) is 0.780. The number of nitrogens with zero attached hydrogens (tertiary/aromatic N) is 2. The molecule has 0 aliphatic carbocycles. The normalized spacial score (nSPS) is 11.5. The molecule has 0 bridgehead atoms. The van der Waals surface area contributed by atoms with Crippen molar-refractivity contribution in [2.75, 3.05) is 5.73 Å². The Labute approximate surface area is 119 Å². The van der Waals surface area contributed by atoms with Crippen molar-refractivity contribution in [3.8, 4) is 11.4 Å². The number of rotatable bonds is 1.